The average molecular weight is 405 g/mol. The van der Waals surface area contributed by atoms with Crippen molar-refractivity contribution in [3.8, 4) is 0 Å². The number of anilines is 1. The molecule has 4 nitrogen and oxygen atoms in total. The van der Waals surface area contributed by atoms with Gasteiger partial charge in [0.15, 0.2) is 0 Å². The normalized spacial score (nSPS) is 20.1. The van der Waals surface area contributed by atoms with Gasteiger partial charge < -0.3 is 14.2 Å². The first kappa shape index (κ1) is 21.1. The zero-order valence-electron chi connectivity index (χ0n) is 19.4. The maximum absolute atomic E-state index is 13.3. The molecule has 0 unspecified atom stereocenters. The van der Waals surface area contributed by atoms with E-state index in [2.05, 4.69) is 66.7 Å². The van der Waals surface area contributed by atoms with Crippen LogP contribution in [-0.2, 0) is 21.3 Å². The lowest BCUT2D eigenvalue weighted by atomic mass is 9.75. The fourth-order valence-corrected chi connectivity index (χ4v) is 4.12. The summed E-state index contributed by atoms with van der Waals surface area (Å²) in [6.45, 7) is 17.4. The summed E-state index contributed by atoms with van der Waals surface area (Å²) in [6.07, 6.45) is 0. The van der Waals surface area contributed by atoms with E-state index in [1.807, 2.05) is 30.0 Å². The van der Waals surface area contributed by atoms with Gasteiger partial charge in [-0.2, -0.15) is 0 Å². The van der Waals surface area contributed by atoms with E-state index < -0.39 is 18.3 Å². The quantitative estimate of drug-likeness (QED) is 0.677. The Balaban J connectivity index is 1.68. The number of nitrogens with zero attached hydrogens (tertiary/aromatic N) is 1. The molecule has 0 radical (unpaired) electrons. The van der Waals surface area contributed by atoms with E-state index in [1.165, 1.54) is 5.56 Å². The molecule has 2 aliphatic heterocycles. The largest absolute Gasteiger partial charge is 0.495 e. The van der Waals surface area contributed by atoms with Crippen molar-refractivity contribution in [3.63, 3.8) is 0 Å². The zero-order chi connectivity index (χ0) is 22.1. The highest BCUT2D eigenvalue weighted by molar-refractivity contribution is 6.62. The summed E-state index contributed by atoms with van der Waals surface area (Å²) in [5, 5.41) is 0. The highest BCUT2D eigenvalue weighted by Crippen LogP contribution is 2.38. The molecular formula is C25H32BNO3. The summed E-state index contributed by atoms with van der Waals surface area (Å²) in [7, 11) is -0.442. The molecule has 0 bridgehead atoms. The van der Waals surface area contributed by atoms with Crippen LogP contribution < -0.4 is 10.4 Å². The molecule has 2 aliphatic rings. The molecule has 2 aromatic rings. The Labute approximate surface area is 180 Å². The zero-order valence-corrected chi connectivity index (χ0v) is 19.4. The van der Waals surface area contributed by atoms with Crippen LogP contribution in [0.3, 0.4) is 0 Å². The Hall–Kier alpha value is -2.11. The summed E-state index contributed by atoms with van der Waals surface area (Å²) in [5.74, 6) is 0.0604. The molecule has 30 heavy (non-hydrogen) atoms. The Bertz CT molecular complexity index is 1000. The third-order valence-electron chi connectivity index (χ3n) is 6.92. The van der Waals surface area contributed by atoms with Gasteiger partial charge in [0.1, 0.15) is 0 Å². The molecule has 1 fully saturated rings. The number of hydrogen-bond donors (Lipinski definition) is 0. The number of fused-ring (bicyclic) bond motifs is 1. The predicted octanol–water partition coefficient (Wildman–Crippen LogP) is 4.75. The molecule has 158 valence electrons. The first-order chi connectivity index (χ1) is 13.8. The number of amides is 1. The van der Waals surface area contributed by atoms with Crippen LogP contribution in [0.4, 0.5) is 5.69 Å². The Morgan fingerprint density at radius 3 is 2.23 bits per heavy atom. The van der Waals surface area contributed by atoms with E-state index in [4.69, 9.17) is 9.31 Å². The minimum absolute atomic E-state index is 0.00925. The van der Waals surface area contributed by atoms with E-state index in [0.717, 1.165) is 27.8 Å². The summed E-state index contributed by atoms with van der Waals surface area (Å²) in [5.41, 5.74) is 5.19. The summed E-state index contributed by atoms with van der Waals surface area (Å²) in [4.78, 5) is 15.2. The van der Waals surface area contributed by atoms with Crippen LogP contribution in [0.2, 0.25) is 0 Å². The third kappa shape index (κ3) is 3.29. The maximum Gasteiger partial charge on any atom is 0.495 e. The highest BCUT2D eigenvalue weighted by Gasteiger charge is 2.52. The monoisotopic (exact) mass is 405 g/mol. The van der Waals surface area contributed by atoms with Gasteiger partial charge in [-0.1, -0.05) is 45.0 Å². The molecule has 0 spiro atoms. The maximum atomic E-state index is 13.3. The van der Waals surface area contributed by atoms with Crippen LogP contribution in [0.25, 0.3) is 0 Å². The van der Waals surface area contributed by atoms with Gasteiger partial charge in [-0.3, -0.25) is 4.79 Å². The molecule has 1 amide bonds. The van der Waals surface area contributed by atoms with Gasteiger partial charge in [0.25, 0.3) is 5.91 Å². The number of benzene rings is 2. The van der Waals surface area contributed by atoms with Crippen molar-refractivity contribution >= 4 is 24.2 Å². The van der Waals surface area contributed by atoms with E-state index >= 15 is 0 Å². The molecule has 5 heteroatoms. The first-order valence-electron chi connectivity index (χ1n) is 10.7. The van der Waals surface area contributed by atoms with Crippen LogP contribution in [0.15, 0.2) is 36.4 Å². The van der Waals surface area contributed by atoms with Crippen molar-refractivity contribution in [2.45, 2.75) is 78.6 Å². The second kappa shape index (κ2) is 6.70. The highest BCUT2D eigenvalue weighted by atomic mass is 16.7. The van der Waals surface area contributed by atoms with Crippen molar-refractivity contribution in [1.82, 2.24) is 0 Å². The molecule has 1 saturated heterocycles. The molecule has 0 atom stereocenters. The van der Waals surface area contributed by atoms with Crippen LogP contribution >= 0.6 is 0 Å². The smallest absolute Gasteiger partial charge is 0.399 e. The Morgan fingerprint density at radius 2 is 1.63 bits per heavy atom. The van der Waals surface area contributed by atoms with Crippen LogP contribution in [0.1, 0.15) is 75.5 Å². The standard InChI is InChI=1S/C25H32BNO3/c1-16-20(26-29-24(5,6)25(7,8)30-26)10-9-11-21(16)27-15-17-12-13-18(23(2,3)4)14-19(17)22(27)28/h9-14H,15H2,1-8H3. The van der Waals surface area contributed by atoms with Crippen LogP contribution in [-0.4, -0.2) is 24.2 Å². The number of hydrogen-bond acceptors (Lipinski definition) is 3. The van der Waals surface area contributed by atoms with Gasteiger partial charge >= 0.3 is 7.12 Å². The summed E-state index contributed by atoms with van der Waals surface area (Å²) < 4.78 is 12.5. The number of carbonyl (C=O) groups excluding carboxylic acids is 1. The Morgan fingerprint density at radius 1 is 1.00 bits per heavy atom. The molecule has 0 aromatic heterocycles. The van der Waals surface area contributed by atoms with E-state index in [0.29, 0.717) is 6.54 Å². The van der Waals surface area contributed by atoms with Crippen molar-refractivity contribution in [2.75, 3.05) is 4.90 Å². The van der Waals surface area contributed by atoms with E-state index in [1.54, 1.807) is 0 Å². The van der Waals surface area contributed by atoms with Crippen molar-refractivity contribution in [3.05, 3.63) is 58.7 Å². The van der Waals surface area contributed by atoms with Gasteiger partial charge in [-0.05, 0) is 74.3 Å². The van der Waals surface area contributed by atoms with Crippen LogP contribution in [0, 0.1) is 6.92 Å². The lowest BCUT2D eigenvalue weighted by Gasteiger charge is -2.32. The summed E-state index contributed by atoms with van der Waals surface area (Å²) >= 11 is 0. The fourth-order valence-electron chi connectivity index (χ4n) is 4.12. The lowest BCUT2D eigenvalue weighted by Crippen LogP contribution is -2.41. The minimum atomic E-state index is -0.442. The first-order valence-corrected chi connectivity index (χ1v) is 10.7. The van der Waals surface area contributed by atoms with Gasteiger partial charge in [0, 0.05) is 11.3 Å². The van der Waals surface area contributed by atoms with Gasteiger partial charge in [0.05, 0.1) is 17.7 Å². The Kier molecular flexibility index (Phi) is 4.72. The van der Waals surface area contributed by atoms with Gasteiger partial charge in [0.2, 0.25) is 0 Å². The fraction of sp³-hybridized carbons (Fsp3) is 0.480. The van der Waals surface area contributed by atoms with Crippen LogP contribution in [0.5, 0.6) is 0 Å². The van der Waals surface area contributed by atoms with E-state index in [9.17, 15) is 4.79 Å². The SMILES string of the molecule is Cc1c(B2OC(C)(C)C(C)(C)O2)cccc1N1Cc2ccc(C(C)(C)C)cc2C1=O. The lowest BCUT2D eigenvalue weighted by molar-refractivity contribution is 0.00578. The average Bonchev–Trinajstić information content (AvgIpc) is 3.07. The van der Waals surface area contributed by atoms with Gasteiger partial charge in [-0.25, -0.2) is 0 Å². The molecule has 4 rings (SSSR count). The van der Waals surface area contributed by atoms with E-state index in [-0.39, 0.29) is 11.3 Å². The number of carbonyl (C=O) groups is 1. The van der Waals surface area contributed by atoms with Crippen molar-refractivity contribution in [2.24, 2.45) is 0 Å². The predicted molar refractivity (Wildman–Crippen MR) is 123 cm³/mol. The molecule has 2 heterocycles. The van der Waals surface area contributed by atoms with Crippen molar-refractivity contribution < 1.29 is 14.1 Å². The third-order valence-corrected chi connectivity index (χ3v) is 6.92. The minimum Gasteiger partial charge on any atom is -0.399 e. The summed E-state index contributed by atoms with van der Waals surface area (Å²) in [6, 6.07) is 12.3. The second-order valence-corrected chi connectivity index (χ2v) is 10.6. The molecule has 2 aromatic carbocycles. The van der Waals surface area contributed by atoms with Crippen molar-refractivity contribution in [1.29, 1.82) is 0 Å². The second-order valence-electron chi connectivity index (χ2n) is 10.6. The molecule has 0 N–H and O–H groups in total. The molecule has 0 saturated carbocycles. The topological polar surface area (TPSA) is 38.8 Å². The van der Waals surface area contributed by atoms with Gasteiger partial charge in [-0.15, -0.1) is 0 Å². The number of rotatable bonds is 2. The molecule has 0 aliphatic carbocycles. The molecular weight excluding hydrogens is 373 g/mol.